The highest BCUT2D eigenvalue weighted by molar-refractivity contribution is 6.00. The topological polar surface area (TPSA) is 101 Å². The number of carbonyl (C=O) groups is 1. The maximum atomic E-state index is 10.9. The molecule has 7 nitrogen and oxygen atoms in total. The number of fused-ring (bicyclic) bond motifs is 1. The molecule has 182 valence electrons. The molecule has 0 radical (unpaired) electrons. The number of carboxylic acid groups (broad SMARTS) is 1. The molecule has 7 heteroatoms. The summed E-state index contributed by atoms with van der Waals surface area (Å²) in [6.07, 6.45) is 10.1. The van der Waals surface area contributed by atoms with Crippen molar-refractivity contribution in [2.45, 2.75) is 13.3 Å². The molecule has 2 aromatic heterocycles. The summed E-state index contributed by atoms with van der Waals surface area (Å²) in [6.45, 7) is 2.13. The van der Waals surface area contributed by atoms with Crippen LogP contribution in [0.5, 0.6) is 11.6 Å². The second kappa shape index (κ2) is 10.7. The van der Waals surface area contributed by atoms with E-state index in [9.17, 15) is 4.79 Å². The van der Waals surface area contributed by atoms with E-state index in [4.69, 9.17) is 9.84 Å². The third-order valence-corrected chi connectivity index (χ3v) is 5.95. The van der Waals surface area contributed by atoms with Gasteiger partial charge in [0.1, 0.15) is 5.75 Å². The second-order valence-corrected chi connectivity index (χ2v) is 8.35. The number of nitrogens with zero attached hydrogens (tertiary/aromatic N) is 3. The van der Waals surface area contributed by atoms with Crippen LogP contribution < -0.4 is 4.74 Å². The molecule has 5 aromatic rings. The summed E-state index contributed by atoms with van der Waals surface area (Å²) in [4.78, 5) is 19.2. The number of hydrogen-bond acceptors (Lipinski definition) is 5. The van der Waals surface area contributed by atoms with Crippen LogP contribution in [0.1, 0.15) is 35.6 Å². The first-order valence-electron chi connectivity index (χ1n) is 11.8. The number of aliphatic carboxylic acids is 1. The van der Waals surface area contributed by atoms with Gasteiger partial charge in [0.15, 0.2) is 0 Å². The number of hydrogen-bond donors (Lipinski definition) is 2. The van der Waals surface area contributed by atoms with Gasteiger partial charge in [-0.05, 0) is 70.2 Å². The molecule has 0 atom stereocenters. The molecule has 2 N–H and O–H groups in total. The van der Waals surface area contributed by atoms with E-state index in [1.165, 1.54) is 0 Å². The first-order chi connectivity index (χ1) is 18.1. The van der Waals surface area contributed by atoms with Crippen LogP contribution in [-0.2, 0) is 4.79 Å². The van der Waals surface area contributed by atoms with E-state index in [2.05, 4.69) is 45.3 Å². The van der Waals surface area contributed by atoms with Crippen molar-refractivity contribution < 1.29 is 14.6 Å². The molecule has 3 aromatic carbocycles. The normalized spacial score (nSPS) is 12.0. The Morgan fingerprint density at radius 3 is 2.57 bits per heavy atom. The fraction of sp³-hybridized carbons (Fsp3) is 0.0667. The molecule has 0 aliphatic rings. The zero-order valence-corrected chi connectivity index (χ0v) is 20.1. The highest BCUT2D eigenvalue weighted by atomic mass is 16.5. The Kier molecular flexibility index (Phi) is 6.85. The Hall–Kier alpha value is -5.04. The Bertz CT molecular complexity index is 1600. The van der Waals surface area contributed by atoms with Crippen molar-refractivity contribution >= 4 is 34.1 Å². The third-order valence-electron chi connectivity index (χ3n) is 5.95. The van der Waals surface area contributed by atoms with Gasteiger partial charge in [-0.1, -0.05) is 49.4 Å². The quantitative estimate of drug-likeness (QED) is 0.188. The van der Waals surface area contributed by atoms with Gasteiger partial charge in [-0.3, -0.25) is 10.1 Å². The largest absolute Gasteiger partial charge is 0.478 e. The fourth-order valence-electron chi connectivity index (χ4n) is 4.27. The molecule has 0 fully saturated rings. The average molecular weight is 489 g/mol. The van der Waals surface area contributed by atoms with E-state index in [1.807, 2.05) is 54.7 Å². The van der Waals surface area contributed by atoms with Gasteiger partial charge in [-0.25, -0.2) is 9.78 Å². The molecule has 37 heavy (non-hydrogen) atoms. The Morgan fingerprint density at radius 1 is 0.973 bits per heavy atom. The minimum atomic E-state index is -0.977. The zero-order chi connectivity index (χ0) is 25.6. The number of H-pyrrole nitrogens is 1. The lowest BCUT2D eigenvalue weighted by Crippen LogP contribution is -1.96. The summed E-state index contributed by atoms with van der Waals surface area (Å²) in [5, 5.41) is 17.2. The van der Waals surface area contributed by atoms with Crippen LogP contribution in [0, 0.1) is 0 Å². The van der Waals surface area contributed by atoms with Crippen LogP contribution in [0.4, 0.5) is 0 Å². The van der Waals surface area contributed by atoms with Gasteiger partial charge in [0, 0.05) is 23.9 Å². The molecule has 0 unspecified atom stereocenters. The smallest absolute Gasteiger partial charge is 0.328 e. The minimum absolute atomic E-state index is 0.428. The number of aromatic amines is 1. The zero-order valence-electron chi connectivity index (χ0n) is 20.1. The maximum absolute atomic E-state index is 10.9. The van der Waals surface area contributed by atoms with E-state index < -0.39 is 5.97 Å². The SMILES string of the molecule is CCC(=C(c1ccc(C=CC(=O)O)cc1)c1ccc2[nH]ncc2c1)c1cccc(Oc2cnccn2)c1. The number of ether oxygens (including phenoxy) is 1. The molecule has 0 aliphatic heterocycles. The molecule has 0 saturated heterocycles. The van der Waals surface area contributed by atoms with E-state index in [1.54, 1.807) is 24.7 Å². The molecule has 2 heterocycles. The van der Waals surface area contributed by atoms with Crippen LogP contribution in [0.2, 0.25) is 0 Å². The van der Waals surface area contributed by atoms with Crippen LogP contribution >= 0.6 is 0 Å². The summed E-state index contributed by atoms with van der Waals surface area (Å²) >= 11 is 0. The lowest BCUT2D eigenvalue weighted by molar-refractivity contribution is -0.131. The van der Waals surface area contributed by atoms with E-state index in [0.717, 1.165) is 56.8 Å². The summed E-state index contributed by atoms with van der Waals surface area (Å²) < 4.78 is 5.95. The minimum Gasteiger partial charge on any atom is -0.478 e. The molecule has 0 aliphatic carbocycles. The monoisotopic (exact) mass is 488 g/mol. The number of aromatic nitrogens is 4. The van der Waals surface area contributed by atoms with Gasteiger partial charge in [0.05, 0.1) is 17.9 Å². The van der Waals surface area contributed by atoms with E-state index in [-0.39, 0.29) is 0 Å². The standard InChI is InChI=1S/C30H24N4O3/c1-2-26(22-4-3-5-25(17-22)37-28-19-31-14-15-32-28)30(23-11-12-27-24(16-23)18-33-34-27)21-9-6-20(7-10-21)8-13-29(35)36/h3-19H,2H2,1H3,(H,33,34)(H,35,36). The average Bonchev–Trinajstić information content (AvgIpc) is 3.40. The van der Waals surface area contributed by atoms with Crippen LogP contribution in [0.25, 0.3) is 28.1 Å². The predicted molar refractivity (Wildman–Crippen MR) is 144 cm³/mol. The second-order valence-electron chi connectivity index (χ2n) is 8.35. The third kappa shape index (κ3) is 5.46. The van der Waals surface area contributed by atoms with Crippen LogP contribution in [0.3, 0.4) is 0 Å². The fourth-order valence-corrected chi connectivity index (χ4v) is 4.27. The van der Waals surface area contributed by atoms with Gasteiger partial charge < -0.3 is 9.84 Å². The molecule has 0 bridgehead atoms. The van der Waals surface area contributed by atoms with Gasteiger partial charge in [0.25, 0.3) is 0 Å². The number of nitrogens with one attached hydrogen (secondary N) is 1. The number of allylic oxidation sites excluding steroid dienone is 1. The number of carboxylic acids is 1. The maximum Gasteiger partial charge on any atom is 0.328 e. The van der Waals surface area contributed by atoms with Gasteiger partial charge in [0.2, 0.25) is 5.88 Å². The summed E-state index contributed by atoms with van der Waals surface area (Å²) in [5.74, 6) is 0.120. The molecule has 0 amide bonds. The Morgan fingerprint density at radius 2 is 1.81 bits per heavy atom. The molecular formula is C30H24N4O3. The highest BCUT2D eigenvalue weighted by Crippen LogP contribution is 2.37. The number of benzene rings is 3. The Balaban J connectivity index is 1.63. The molecule has 5 rings (SSSR count). The molecule has 0 saturated carbocycles. The first-order valence-corrected chi connectivity index (χ1v) is 11.8. The summed E-state index contributed by atoms with van der Waals surface area (Å²) in [7, 11) is 0. The van der Waals surface area contributed by atoms with Gasteiger partial charge >= 0.3 is 5.97 Å². The Labute approximate surface area is 213 Å². The lowest BCUT2D eigenvalue weighted by Gasteiger charge is -2.17. The lowest BCUT2D eigenvalue weighted by atomic mass is 9.87. The summed E-state index contributed by atoms with van der Waals surface area (Å²) in [5.41, 5.74) is 7.11. The summed E-state index contributed by atoms with van der Waals surface area (Å²) in [6, 6.07) is 22.1. The van der Waals surface area contributed by atoms with Gasteiger partial charge in [-0.15, -0.1) is 0 Å². The van der Waals surface area contributed by atoms with Crippen molar-refractivity contribution in [3.8, 4) is 11.6 Å². The number of rotatable bonds is 8. The van der Waals surface area contributed by atoms with Crippen molar-refractivity contribution in [1.29, 1.82) is 0 Å². The first kappa shape index (κ1) is 23.7. The van der Waals surface area contributed by atoms with E-state index in [0.29, 0.717) is 11.6 Å². The molecular weight excluding hydrogens is 464 g/mol. The van der Waals surface area contributed by atoms with Crippen LogP contribution in [-0.4, -0.2) is 31.2 Å². The van der Waals surface area contributed by atoms with Crippen molar-refractivity contribution in [1.82, 2.24) is 20.2 Å². The van der Waals surface area contributed by atoms with Gasteiger partial charge in [-0.2, -0.15) is 5.10 Å². The predicted octanol–water partition coefficient (Wildman–Crippen LogP) is 6.61. The van der Waals surface area contributed by atoms with Crippen molar-refractivity contribution in [3.05, 3.63) is 120 Å². The molecule has 0 spiro atoms. The van der Waals surface area contributed by atoms with Crippen LogP contribution in [0.15, 0.2) is 97.6 Å². The van der Waals surface area contributed by atoms with E-state index >= 15 is 0 Å². The van der Waals surface area contributed by atoms with Crippen molar-refractivity contribution in [2.24, 2.45) is 0 Å². The van der Waals surface area contributed by atoms with Crippen molar-refractivity contribution in [3.63, 3.8) is 0 Å². The highest BCUT2D eigenvalue weighted by Gasteiger charge is 2.15. The van der Waals surface area contributed by atoms with Crippen molar-refractivity contribution in [2.75, 3.05) is 0 Å².